The monoisotopic (exact) mass is 378 g/mol. The molecule has 0 amide bonds. The van der Waals surface area contributed by atoms with Crippen molar-refractivity contribution in [3.63, 3.8) is 0 Å². The summed E-state index contributed by atoms with van der Waals surface area (Å²) in [5.41, 5.74) is 0.901. The van der Waals surface area contributed by atoms with Gasteiger partial charge in [0.05, 0.1) is 7.11 Å². The van der Waals surface area contributed by atoms with E-state index >= 15 is 0 Å². The van der Waals surface area contributed by atoms with Gasteiger partial charge in [-0.05, 0) is 47.2 Å². The molecule has 0 fully saturated rings. The number of methoxy groups -OCH3 is 1. The number of hydrogen-bond acceptors (Lipinski definition) is 6. The first kappa shape index (κ1) is 17.7. The predicted octanol–water partition coefficient (Wildman–Crippen LogP) is 4.39. The molecule has 6 nitrogen and oxygen atoms in total. The molecule has 0 bridgehead atoms. The number of fused-ring (bicyclic) bond motifs is 1. The van der Waals surface area contributed by atoms with Crippen LogP contribution in [-0.2, 0) is 11.3 Å². The molecule has 0 saturated heterocycles. The minimum atomic E-state index is -0.566. The van der Waals surface area contributed by atoms with E-state index in [9.17, 15) is 9.18 Å². The maximum atomic E-state index is 13.0. The van der Waals surface area contributed by atoms with Crippen LogP contribution in [-0.4, -0.2) is 23.2 Å². The van der Waals surface area contributed by atoms with Crippen molar-refractivity contribution in [2.75, 3.05) is 7.11 Å². The Labute approximate surface area is 159 Å². The van der Waals surface area contributed by atoms with Crippen molar-refractivity contribution in [3.8, 4) is 17.1 Å². The van der Waals surface area contributed by atoms with Crippen LogP contribution in [0.1, 0.15) is 16.2 Å². The van der Waals surface area contributed by atoms with Gasteiger partial charge in [0, 0.05) is 5.56 Å². The Morgan fingerprint density at radius 3 is 2.50 bits per heavy atom. The third-order valence-electron chi connectivity index (χ3n) is 4.18. The van der Waals surface area contributed by atoms with Gasteiger partial charge < -0.3 is 14.0 Å². The fourth-order valence-electron chi connectivity index (χ4n) is 2.78. The number of carbonyl (C=O) groups is 1. The molecule has 140 valence electrons. The molecule has 28 heavy (non-hydrogen) atoms. The number of rotatable bonds is 5. The molecule has 4 aromatic rings. The van der Waals surface area contributed by atoms with Gasteiger partial charge in [-0.1, -0.05) is 29.4 Å². The minimum Gasteiger partial charge on any atom is -0.496 e. The number of aromatic nitrogens is 2. The second-order valence-corrected chi connectivity index (χ2v) is 5.99. The fourth-order valence-corrected chi connectivity index (χ4v) is 2.78. The van der Waals surface area contributed by atoms with Crippen LogP contribution in [0.5, 0.6) is 5.75 Å². The molecule has 0 saturated carbocycles. The number of halogens is 1. The first-order valence-corrected chi connectivity index (χ1v) is 8.46. The summed E-state index contributed by atoms with van der Waals surface area (Å²) in [5.74, 6) is -0.0853. The zero-order chi connectivity index (χ0) is 19.5. The third-order valence-corrected chi connectivity index (χ3v) is 4.18. The first-order valence-electron chi connectivity index (χ1n) is 8.46. The molecular weight excluding hydrogens is 363 g/mol. The molecule has 1 aromatic heterocycles. The molecular formula is C21H15FN2O4. The summed E-state index contributed by atoms with van der Waals surface area (Å²) in [7, 11) is 1.49. The molecule has 0 unspecified atom stereocenters. The van der Waals surface area contributed by atoms with Gasteiger partial charge in [-0.2, -0.15) is 4.98 Å². The van der Waals surface area contributed by atoms with E-state index in [0.29, 0.717) is 16.9 Å². The summed E-state index contributed by atoms with van der Waals surface area (Å²) < 4.78 is 28.7. The molecule has 0 radical (unpaired) electrons. The average Bonchev–Trinajstić information content (AvgIpc) is 3.20. The molecule has 1 heterocycles. The molecule has 0 aliphatic heterocycles. The Hall–Kier alpha value is -3.74. The van der Waals surface area contributed by atoms with Crippen LogP contribution < -0.4 is 4.74 Å². The number of esters is 1. The Morgan fingerprint density at radius 1 is 1.07 bits per heavy atom. The van der Waals surface area contributed by atoms with Gasteiger partial charge in [0.2, 0.25) is 5.82 Å². The second kappa shape index (κ2) is 7.48. The van der Waals surface area contributed by atoms with Gasteiger partial charge in [-0.15, -0.1) is 0 Å². The van der Waals surface area contributed by atoms with Crippen molar-refractivity contribution in [3.05, 3.63) is 77.9 Å². The fraction of sp³-hybridized carbons (Fsp3) is 0.0952. The van der Waals surface area contributed by atoms with Crippen molar-refractivity contribution in [1.82, 2.24) is 10.1 Å². The Bertz CT molecular complexity index is 1140. The number of nitrogens with zero attached hydrogens (tertiary/aromatic N) is 2. The molecule has 0 spiro atoms. The molecule has 3 aromatic carbocycles. The van der Waals surface area contributed by atoms with Crippen LogP contribution in [0.4, 0.5) is 4.39 Å². The van der Waals surface area contributed by atoms with Gasteiger partial charge in [-0.3, -0.25) is 0 Å². The molecule has 7 heteroatoms. The van der Waals surface area contributed by atoms with Crippen molar-refractivity contribution in [2.24, 2.45) is 0 Å². The lowest BCUT2D eigenvalue weighted by molar-refractivity contribution is 0.0426. The Kier molecular flexibility index (Phi) is 4.72. The van der Waals surface area contributed by atoms with Crippen molar-refractivity contribution in [2.45, 2.75) is 6.61 Å². The van der Waals surface area contributed by atoms with E-state index in [-0.39, 0.29) is 24.1 Å². The summed E-state index contributed by atoms with van der Waals surface area (Å²) in [5, 5.41) is 5.67. The van der Waals surface area contributed by atoms with E-state index < -0.39 is 5.97 Å². The van der Waals surface area contributed by atoms with Gasteiger partial charge in [0.25, 0.3) is 5.89 Å². The molecule has 4 rings (SSSR count). The lowest BCUT2D eigenvalue weighted by atomic mass is 10.1. The van der Waals surface area contributed by atoms with E-state index in [1.165, 1.54) is 31.4 Å². The standard InChI is InChI=1S/C21H15FN2O4/c1-26-18-11-15-5-3-2-4-14(15)10-17(18)21(25)27-12-19-23-20(24-28-19)13-6-8-16(22)9-7-13/h2-11H,12H2,1H3. The largest absolute Gasteiger partial charge is 0.496 e. The predicted molar refractivity (Wildman–Crippen MR) is 99.3 cm³/mol. The summed E-state index contributed by atoms with van der Waals surface area (Å²) in [6, 6.07) is 16.8. The molecule has 0 aliphatic carbocycles. The average molecular weight is 378 g/mol. The van der Waals surface area contributed by atoms with Gasteiger partial charge >= 0.3 is 5.97 Å². The number of benzene rings is 3. The number of ether oxygens (including phenoxy) is 2. The van der Waals surface area contributed by atoms with Crippen molar-refractivity contribution >= 4 is 16.7 Å². The third kappa shape index (κ3) is 3.55. The quantitative estimate of drug-likeness (QED) is 0.480. The van der Waals surface area contributed by atoms with E-state index in [0.717, 1.165) is 10.8 Å². The molecule has 0 atom stereocenters. The first-order chi connectivity index (χ1) is 13.6. The topological polar surface area (TPSA) is 74.5 Å². The van der Waals surface area contributed by atoms with E-state index in [4.69, 9.17) is 14.0 Å². The van der Waals surface area contributed by atoms with E-state index in [1.807, 2.05) is 24.3 Å². The van der Waals surface area contributed by atoms with Crippen LogP contribution in [0.2, 0.25) is 0 Å². The normalized spacial score (nSPS) is 10.8. The van der Waals surface area contributed by atoms with Crippen molar-refractivity contribution < 1.29 is 23.2 Å². The van der Waals surface area contributed by atoms with Gasteiger partial charge in [0.1, 0.15) is 17.1 Å². The highest BCUT2D eigenvalue weighted by Crippen LogP contribution is 2.27. The second-order valence-electron chi connectivity index (χ2n) is 5.99. The molecule has 0 aliphatic rings. The Morgan fingerprint density at radius 2 is 1.79 bits per heavy atom. The SMILES string of the molecule is COc1cc2ccccc2cc1C(=O)OCc1nc(-c2ccc(F)cc2)no1. The number of hydrogen-bond donors (Lipinski definition) is 0. The van der Waals surface area contributed by atoms with Gasteiger partial charge in [0.15, 0.2) is 6.61 Å². The zero-order valence-electron chi connectivity index (χ0n) is 14.9. The van der Waals surface area contributed by atoms with Gasteiger partial charge in [-0.25, -0.2) is 9.18 Å². The molecule has 0 N–H and O–H groups in total. The van der Waals surface area contributed by atoms with Crippen LogP contribution in [0.15, 0.2) is 65.2 Å². The van der Waals surface area contributed by atoms with Crippen molar-refractivity contribution in [1.29, 1.82) is 0 Å². The van der Waals surface area contributed by atoms with Crippen LogP contribution in [0, 0.1) is 5.82 Å². The highest BCUT2D eigenvalue weighted by molar-refractivity contribution is 5.98. The minimum absolute atomic E-state index is 0.132. The smallest absolute Gasteiger partial charge is 0.342 e. The lowest BCUT2D eigenvalue weighted by Gasteiger charge is -2.09. The van der Waals surface area contributed by atoms with E-state index in [1.54, 1.807) is 12.1 Å². The summed E-state index contributed by atoms with van der Waals surface area (Å²) in [6.45, 7) is -0.191. The maximum Gasteiger partial charge on any atom is 0.342 e. The zero-order valence-corrected chi connectivity index (χ0v) is 14.9. The highest BCUT2D eigenvalue weighted by Gasteiger charge is 2.17. The summed E-state index contributed by atoms with van der Waals surface area (Å²) in [4.78, 5) is 16.7. The summed E-state index contributed by atoms with van der Waals surface area (Å²) in [6.07, 6.45) is 0. The van der Waals surface area contributed by atoms with Crippen LogP contribution in [0.25, 0.3) is 22.2 Å². The summed E-state index contributed by atoms with van der Waals surface area (Å²) >= 11 is 0. The van der Waals surface area contributed by atoms with Crippen LogP contribution in [0.3, 0.4) is 0 Å². The highest BCUT2D eigenvalue weighted by atomic mass is 19.1. The maximum absolute atomic E-state index is 13.0. The number of carbonyl (C=O) groups excluding carboxylic acids is 1. The van der Waals surface area contributed by atoms with Crippen LogP contribution >= 0.6 is 0 Å². The Balaban J connectivity index is 1.50. The van der Waals surface area contributed by atoms with E-state index in [2.05, 4.69) is 10.1 Å². The lowest BCUT2D eigenvalue weighted by Crippen LogP contribution is -2.07.